The Balaban J connectivity index is 2.28. The minimum atomic E-state index is -3.91. The highest BCUT2D eigenvalue weighted by Gasteiger charge is 2.31. The van der Waals surface area contributed by atoms with Gasteiger partial charge in [-0.25, -0.2) is 17.2 Å². The Morgan fingerprint density at radius 1 is 1.07 bits per heavy atom. The van der Waals surface area contributed by atoms with Gasteiger partial charge in [-0.3, -0.25) is 9.10 Å². The third kappa shape index (κ3) is 5.03. The highest BCUT2D eigenvalue weighted by atomic mass is 32.2. The van der Waals surface area contributed by atoms with E-state index >= 15 is 0 Å². The Morgan fingerprint density at radius 3 is 2.19 bits per heavy atom. The number of halogens is 2. The number of carbonyl (C=O) groups excluding carboxylic acids is 1. The maximum atomic E-state index is 13.6. The van der Waals surface area contributed by atoms with Gasteiger partial charge in [-0.15, -0.1) is 0 Å². The topological polar surface area (TPSA) is 57.7 Å². The Morgan fingerprint density at radius 2 is 1.67 bits per heavy atom. The van der Waals surface area contributed by atoms with Gasteiger partial charge in [0.15, 0.2) is 11.6 Å². The molecular formula is C19H22F2N2O3S. The molecular weight excluding hydrogens is 374 g/mol. The first-order chi connectivity index (χ1) is 12.5. The zero-order chi connectivity index (χ0) is 20.4. The molecule has 0 aliphatic heterocycles. The number of likely N-dealkylation sites (N-methyl/N-ethyl adjacent to an activating group) is 1. The van der Waals surface area contributed by atoms with Crippen LogP contribution in [0.25, 0.3) is 0 Å². The molecule has 0 saturated heterocycles. The molecule has 0 aliphatic carbocycles. The molecule has 0 unspecified atom stereocenters. The average molecular weight is 396 g/mol. The van der Waals surface area contributed by atoms with Crippen LogP contribution in [0.1, 0.15) is 18.1 Å². The average Bonchev–Trinajstić information content (AvgIpc) is 2.58. The zero-order valence-electron chi connectivity index (χ0n) is 15.6. The van der Waals surface area contributed by atoms with Crippen LogP contribution in [-0.4, -0.2) is 38.6 Å². The summed E-state index contributed by atoms with van der Waals surface area (Å²) in [6.07, 6.45) is 0.915. The van der Waals surface area contributed by atoms with E-state index in [9.17, 15) is 22.0 Å². The van der Waals surface area contributed by atoms with Crippen molar-refractivity contribution in [2.45, 2.75) is 26.4 Å². The minimum absolute atomic E-state index is 0.110. The third-order valence-electron chi connectivity index (χ3n) is 4.14. The highest BCUT2D eigenvalue weighted by molar-refractivity contribution is 7.92. The van der Waals surface area contributed by atoms with Crippen LogP contribution in [0.4, 0.5) is 14.5 Å². The van der Waals surface area contributed by atoms with Crippen molar-refractivity contribution in [3.05, 3.63) is 65.2 Å². The van der Waals surface area contributed by atoms with Gasteiger partial charge in [0, 0.05) is 19.7 Å². The predicted octanol–water partition coefficient (Wildman–Crippen LogP) is 3.09. The van der Waals surface area contributed by atoms with Gasteiger partial charge in [-0.2, -0.15) is 0 Å². The summed E-state index contributed by atoms with van der Waals surface area (Å²) in [6.45, 7) is 3.65. The van der Waals surface area contributed by atoms with E-state index < -0.39 is 33.6 Å². The quantitative estimate of drug-likeness (QED) is 0.754. The van der Waals surface area contributed by atoms with Crippen molar-refractivity contribution < 1.29 is 22.0 Å². The normalized spacial score (nSPS) is 12.5. The maximum absolute atomic E-state index is 13.6. The molecule has 1 amide bonds. The number of benzene rings is 2. The Kier molecular flexibility index (Phi) is 6.20. The summed E-state index contributed by atoms with van der Waals surface area (Å²) in [4.78, 5) is 14.2. The number of carbonyl (C=O) groups is 1. The summed E-state index contributed by atoms with van der Waals surface area (Å²) in [5.74, 6) is -2.75. The fourth-order valence-electron chi connectivity index (χ4n) is 2.79. The molecule has 0 bridgehead atoms. The molecule has 2 aromatic carbocycles. The second-order valence-corrected chi connectivity index (χ2v) is 8.37. The summed E-state index contributed by atoms with van der Waals surface area (Å²) < 4.78 is 52.0. The molecule has 1 atom stereocenters. The van der Waals surface area contributed by atoms with Crippen LogP contribution in [0, 0.1) is 18.6 Å². The molecule has 0 spiro atoms. The number of hydrogen-bond donors (Lipinski definition) is 0. The number of hydrogen-bond acceptors (Lipinski definition) is 3. The molecule has 27 heavy (non-hydrogen) atoms. The second-order valence-electron chi connectivity index (χ2n) is 6.51. The van der Waals surface area contributed by atoms with E-state index in [0.717, 1.165) is 39.9 Å². The Labute approximate surface area is 158 Å². The van der Waals surface area contributed by atoms with Gasteiger partial charge in [-0.05, 0) is 31.5 Å². The molecule has 0 radical (unpaired) electrons. The summed E-state index contributed by atoms with van der Waals surface area (Å²) in [7, 11) is -2.35. The largest absolute Gasteiger partial charge is 0.340 e. The first kappa shape index (κ1) is 20.8. The monoisotopic (exact) mass is 396 g/mol. The standard InChI is InChI=1S/C19H22F2N2O3S/c1-13-5-7-15(8-6-13)12-22(3)19(24)14(2)23(27(4,25)26)16-9-10-17(20)18(21)11-16/h5-11,14H,12H2,1-4H3/t14-/m0/s1. The van der Waals surface area contributed by atoms with Crippen molar-refractivity contribution in [2.75, 3.05) is 17.6 Å². The zero-order valence-corrected chi connectivity index (χ0v) is 16.4. The van der Waals surface area contributed by atoms with E-state index in [0.29, 0.717) is 6.54 Å². The van der Waals surface area contributed by atoms with Gasteiger partial charge < -0.3 is 4.90 Å². The number of rotatable bonds is 6. The van der Waals surface area contributed by atoms with Gasteiger partial charge in [0.1, 0.15) is 6.04 Å². The van der Waals surface area contributed by atoms with Crippen molar-refractivity contribution in [3.8, 4) is 0 Å². The first-order valence-corrected chi connectivity index (χ1v) is 10.1. The number of aryl methyl sites for hydroxylation is 1. The molecule has 0 N–H and O–H groups in total. The van der Waals surface area contributed by atoms with Crippen LogP contribution in [0.15, 0.2) is 42.5 Å². The molecule has 0 aliphatic rings. The van der Waals surface area contributed by atoms with Gasteiger partial charge in [0.25, 0.3) is 0 Å². The first-order valence-electron chi connectivity index (χ1n) is 8.25. The van der Waals surface area contributed by atoms with Crippen molar-refractivity contribution >= 4 is 21.6 Å². The molecule has 8 heteroatoms. The lowest BCUT2D eigenvalue weighted by Crippen LogP contribution is -2.48. The van der Waals surface area contributed by atoms with Crippen molar-refractivity contribution in [1.29, 1.82) is 0 Å². The number of amides is 1. The van der Waals surface area contributed by atoms with Crippen molar-refractivity contribution in [1.82, 2.24) is 4.90 Å². The third-order valence-corrected chi connectivity index (χ3v) is 5.38. The van der Waals surface area contributed by atoms with E-state index in [1.165, 1.54) is 11.8 Å². The van der Waals surface area contributed by atoms with Gasteiger partial charge in [0.2, 0.25) is 15.9 Å². The van der Waals surface area contributed by atoms with Crippen LogP contribution in [0.5, 0.6) is 0 Å². The van der Waals surface area contributed by atoms with E-state index in [-0.39, 0.29) is 5.69 Å². The van der Waals surface area contributed by atoms with Crippen LogP contribution in [0.2, 0.25) is 0 Å². The lowest BCUT2D eigenvalue weighted by atomic mass is 10.1. The molecule has 5 nitrogen and oxygen atoms in total. The predicted molar refractivity (Wildman–Crippen MR) is 101 cm³/mol. The molecule has 146 valence electrons. The smallest absolute Gasteiger partial charge is 0.246 e. The molecule has 2 rings (SSSR count). The molecule has 0 saturated carbocycles. The lowest BCUT2D eigenvalue weighted by Gasteiger charge is -2.31. The highest BCUT2D eigenvalue weighted by Crippen LogP contribution is 2.24. The summed E-state index contributed by atoms with van der Waals surface area (Å²) in [5.41, 5.74) is 1.87. The number of sulfonamides is 1. The summed E-state index contributed by atoms with van der Waals surface area (Å²) in [6, 6.07) is 9.20. The van der Waals surface area contributed by atoms with Crippen molar-refractivity contribution in [3.63, 3.8) is 0 Å². The Bertz CT molecular complexity index is 930. The number of nitrogens with zero attached hydrogens (tertiary/aromatic N) is 2. The number of anilines is 1. The second kappa shape index (κ2) is 8.04. The SMILES string of the molecule is Cc1ccc(CN(C)C(=O)[C@H](C)N(c2ccc(F)c(F)c2)S(C)(=O)=O)cc1. The fraction of sp³-hybridized carbons (Fsp3) is 0.316. The summed E-state index contributed by atoms with van der Waals surface area (Å²) in [5, 5.41) is 0. The van der Waals surface area contributed by atoms with Crippen LogP contribution in [0.3, 0.4) is 0 Å². The van der Waals surface area contributed by atoms with E-state index in [4.69, 9.17) is 0 Å². The molecule has 0 fully saturated rings. The maximum Gasteiger partial charge on any atom is 0.246 e. The van der Waals surface area contributed by atoms with Gasteiger partial charge in [0.05, 0.1) is 11.9 Å². The van der Waals surface area contributed by atoms with E-state index in [1.807, 2.05) is 31.2 Å². The van der Waals surface area contributed by atoms with E-state index in [2.05, 4.69) is 0 Å². The van der Waals surface area contributed by atoms with Crippen LogP contribution in [-0.2, 0) is 21.4 Å². The van der Waals surface area contributed by atoms with Crippen LogP contribution >= 0.6 is 0 Å². The van der Waals surface area contributed by atoms with Crippen molar-refractivity contribution in [2.24, 2.45) is 0 Å². The molecule has 2 aromatic rings. The molecule has 0 heterocycles. The fourth-order valence-corrected chi connectivity index (χ4v) is 3.95. The minimum Gasteiger partial charge on any atom is -0.340 e. The van der Waals surface area contributed by atoms with E-state index in [1.54, 1.807) is 7.05 Å². The van der Waals surface area contributed by atoms with Gasteiger partial charge >= 0.3 is 0 Å². The Hall–Kier alpha value is -2.48. The molecule has 0 aromatic heterocycles. The van der Waals surface area contributed by atoms with Crippen LogP contribution < -0.4 is 4.31 Å². The lowest BCUT2D eigenvalue weighted by molar-refractivity contribution is -0.131. The summed E-state index contributed by atoms with van der Waals surface area (Å²) >= 11 is 0. The van der Waals surface area contributed by atoms with Gasteiger partial charge in [-0.1, -0.05) is 29.8 Å².